The molecule has 3 rings (SSSR count). The van der Waals surface area contributed by atoms with Gasteiger partial charge in [0.25, 0.3) is 11.1 Å². The van der Waals surface area contributed by atoms with Crippen molar-refractivity contribution in [2.75, 3.05) is 26.2 Å². The van der Waals surface area contributed by atoms with Crippen LogP contribution in [0.2, 0.25) is 0 Å². The zero-order chi connectivity index (χ0) is 19.4. The fourth-order valence-electron chi connectivity index (χ4n) is 2.47. The summed E-state index contributed by atoms with van der Waals surface area (Å²) in [5.74, 6) is 0.883. The standard InChI is InChI=1S/C19H17BrN2O4S/c1-25-15-7-8-16(26-2)12(9-15)10-17-18(23)22(19(24)27-17)11-21-14-5-3-13(20)4-6-14/h3-10,21H,11H2,1-2H3/b17-10+. The highest BCUT2D eigenvalue weighted by atomic mass is 79.9. The molecule has 0 spiro atoms. The number of imide groups is 1. The van der Waals surface area contributed by atoms with E-state index in [2.05, 4.69) is 21.2 Å². The highest BCUT2D eigenvalue weighted by Crippen LogP contribution is 2.35. The average Bonchev–Trinajstić information content (AvgIpc) is 2.94. The molecular formula is C19H17BrN2O4S. The van der Waals surface area contributed by atoms with Gasteiger partial charge in [0.05, 0.1) is 25.8 Å². The Kier molecular flexibility index (Phi) is 6.08. The lowest BCUT2D eigenvalue weighted by molar-refractivity contribution is -0.122. The normalized spacial score (nSPS) is 15.4. The molecule has 0 saturated carbocycles. The molecule has 2 amide bonds. The minimum atomic E-state index is -0.348. The summed E-state index contributed by atoms with van der Waals surface area (Å²) in [5, 5.41) is 2.76. The molecule has 8 heteroatoms. The van der Waals surface area contributed by atoms with Crippen molar-refractivity contribution in [3.63, 3.8) is 0 Å². The molecule has 1 fully saturated rings. The van der Waals surface area contributed by atoms with Crippen molar-refractivity contribution < 1.29 is 19.1 Å². The molecule has 1 aliphatic heterocycles. The molecule has 140 valence electrons. The Labute approximate surface area is 169 Å². The number of hydrogen-bond donors (Lipinski definition) is 1. The highest BCUT2D eigenvalue weighted by molar-refractivity contribution is 9.10. The lowest BCUT2D eigenvalue weighted by Gasteiger charge is -2.14. The van der Waals surface area contributed by atoms with Gasteiger partial charge in [0.2, 0.25) is 0 Å². The number of benzene rings is 2. The van der Waals surface area contributed by atoms with Crippen molar-refractivity contribution in [2.45, 2.75) is 0 Å². The van der Waals surface area contributed by atoms with Crippen molar-refractivity contribution in [1.82, 2.24) is 4.90 Å². The van der Waals surface area contributed by atoms with Crippen molar-refractivity contribution >= 4 is 50.6 Å². The number of amides is 2. The van der Waals surface area contributed by atoms with E-state index in [-0.39, 0.29) is 17.8 Å². The van der Waals surface area contributed by atoms with Gasteiger partial charge in [-0.05, 0) is 60.3 Å². The first-order chi connectivity index (χ1) is 13.0. The number of anilines is 1. The van der Waals surface area contributed by atoms with E-state index in [1.807, 2.05) is 24.3 Å². The van der Waals surface area contributed by atoms with Gasteiger partial charge < -0.3 is 14.8 Å². The van der Waals surface area contributed by atoms with Gasteiger partial charge in [-0.25, -0.2) is 0 Å². The molecule has 0 radical (unpaired) electrons. The molecule has 0 aliphatic carbocycles. The third-order valence-corrected chi connectivity index (χ3v) is 5.32. The van der Waals surface area contributed by atoms with E-state index < -0.39 is 0 Å². The predicted octanol–water partition coefficient (Wildman–Crippen LogP) is 4.57. The van der Waals surface area contributed by atoms with Crippen LogP contribution < -0.4 is 14.8 Å². The van der Waals surface area contributed by atoms with Gasteiger partial charge in [0.1, 0.15) is 11.5 Å². The third kappa shape index (κ3) is 4.45. The number of nitrogens with one attached hydrogen (secondary N) is 1. The van der Waals surface area contributed by atoms with E-state index in [1.165, 1.54) is 4.90 Å². The smallest absolute Gasteiger partial charge is 0.295 e. The fraction of sp³-hybridized carbons (Fsp3) is 0.158. The monoisotopic (exact) mass is 448 g/mol. The lowest BCUT2D eigenvalue weighted by atomic mass is 10.1. The third-order valence-electron chi connectivity index (χ3n) is 3.88. The molecule has 1 heterocycles. The molecule has 0 bridgehead atoms. The molecule has 0 unspecified atom stereocenters. The van der Waals surface area contributed by atoms with Crippen LogP contribution in [0, 0.1) is 0 Å². The van der Waals surface area contributed by atoms with Gasteiger partial charge >= 0.3 is 0 Å². The Morgan fingerprint density at radius 2 is 1.85 bits per heavy atom. The van der Waals surface area contributed by atoms with Crippen LogP contribution in [0.3, 0.4) is 0 Å². The number of carbonyl (C=O) groups is 2. The van der Waals surface area contributed by atoms with Gasteiger partial charge in [-0.1, -0.05) is 15.9 Å². The molecule has 1 N–H and O–H groups in total. The predicted molar refractivity (Wildman–Crippen MR) is 110 cm³/mol. The van der Waals surface area contributed by atoms with E-state index in [0.29, 0.717) is 22.0 Å². The second kappa shape index (κ2) is 8.49. The molecule has 27 heavy (non-hydrogen) atoms. The number of rotatable bonds is 6. The first-order valence-corrected chi connectivity index (χ1v) is 9.59. The van der Waals surface area contributed by atoms with Crippen LogP contribution in [0.4, 0.5) is 10.5 Å². The summed E-state index contributed by atoms with van der Waals surface area (Å²) in [6.45, 7) is 0.0961. The largest absolute Gasteiger partial charge is 0.497 e. The van der Waals surface area contributed by atoms with Crippen molar-refractivity contribution in [2.24, 2.45) is 0 Å². The molecule has 1 saturated heterocycles. The van der Waals surface area contributed by atoms with E-state index in [1.54, 1.807) is 38.5 Å². The Bertz CT molecular complexity index is 899. The number of halogens is 1. The Morgan fingerprint density at radius 3 is 2.52 bits per heavy atom. The average molecular weight is 449 g/mol. The topological polar surface area (TPSA) is 67.9 Å². The summed E-state index contributed by atoms with van der Waals surface area (Å²) >= 11 is 4.27. The van der Waals surface area contributed by atoms with Crippen molar-refractivity contribution in [3.8, 4) is 11.5 Å². The molecule has 1 aliphatic rings. The Balaban J connectivity index is 1.77. The SMILES string of the molecule is COc1ccc(OC)c(/C=C2/SC(=O)N(CNc3ccc(Br)cc3)C2=O)c1. The molecule has 6 nitrogen and oxygen atoms in total. The Morgan fingerprint density at radius 1 is 1.11 bits per heavy atom. The molecule has 0 aromatic heterocycles. The second-order valence-corrected chi connectivity index (χ2v) is 7.47. The molecule has 2 aromatic rings. The minimum absolute atomic E-state index is 0.0961. The van der Waals surface area contributed by atoms with Crippen LogP contribution >= 0.6 is 27.7 Å². The number of ether oxygens (including phenoxy) is 2. The minimum Gasteiger partial charge on any atom is -0.497 e. The van der Waals surface area contributed by atoms with Gasteiger partial charge in [0.15, 0.2) is 0 Å². The van der Waals surface area contributed by atoms with E-state index >= 15 is 0 Å². The zero-order valence-electron chi connectivity index (χ0n) is 14.7. The first-order valence-electron chi connectivity index (χ1n) is 7.98. The summed E-state index contributed by atoms with van der Waals surface area (Å²) in [5.41, 5.74) is 1.49. The second-order valence-electron chi connectivity index (χ2n) is 5.56. The summed E-state index contributed by atoms with van der Waals surface area (Å²) in [7, 11) is 3.11. The maximum atomic E-state index is 12.6. The van der Waals surface area contributed by atoms with Gasteiger partial charge in [-0.15, -0.1) is 0 Å². The number of methoxy groups -OCH3 is 2. The number of thioether (sulfide) groups is 1. The van der Waals surface area contributed by atoms with Crippen molar-refractivity contribution in [3.05, 3.63) is 57.4 Å². The van der Waals surface area contributed by atoms with E-state index in [4.69, 9.17) is 9.47 Å². The summed E-state index contributed by atoms with van der Waals surface area (Å²) < 4.78 is 11.5. The number of nitrogens with zero attached hydrogens (tertiary/aromatic N) is 1. The van der Waals surface area contributed by atoms with Crippen LogP contribution in [0.1, 0.15) is 5.56 Å². The zero-order valence-corrected chi connectivity index (χ0v) is 17.1. The van der Waals surface area contributed by atoms with Crippen molar-refractivity contribution in [1.29, 1.82) is 0 Å². The van der Waals surface area contributed by atoms with Crippen LogP contribution in [0.15, 0.2) is 51.8 Å². The Hall–Kier alpha value is -2.45. The van der Waals surface area contributed by atoms with Crippen LogP contribution in [0.25, 0.3) is 6.08 Å². The molecule has 0 atom stereocenters. The summed E-state index contributed by atoms with van der Waals surface area (Å²) in [6.07, 6.45) is 1.64. The summed E-state index contributed by atoms with van der Waals surface area (Å²) in [4.78, 5) is 26.4. The van der Waals surface area contributed by atoms with E-state index in [0.717, 1.165) is 21.9 Å². The maximum absolute atomic E-state index is 12.6. The van der Waals surface area contributed by atoms with Gasteiger partial charge in [-0.3, -0.25) is 14.5 Å². The van der Waals surface area contributed by atoms with Gasteiger partial charge in [-0.2, -0.15) is 0 Å². The first kappa shape index (κ1) is 19.3. The van der Waals surface area contributed by atoms with Crippen LogP contribution in [-0.4, -0.2) is 36.9 Å². The van der Waals surface area contributed by atoms with Gasteiger partial charge in [0, 0.05) is 15.7 Å². The fourth-order valence-corrected chi connectivity index (χ4v) is 3.56. The molecule has 2 aromatic carbocycles. The van der Waals surface area contributed by atoms with Crippen LogP contribution in [0.5, 0.6) is 11.5 Å². The number of carbonyl (C=O) groups excluding carboxylic acids is 2. The number of hydrogen-bond acceptors (Lipinski definition) is 6. The molecular weight excluding hydrogens is 432 g/mol. The van der Waals surface area contributed by atoms with E-state index in [9.17, 15) is 9.59 Å². The lowest BCUT2D eigenvalue weighted by Crippen LogP contribution is -2.33. The van der Waals surface area contributed by atoms with Crippen LogP contribution in [-0.2, 0) is 4.79 Å². The maximum Gasteiger partial charge on any atom is 0.295 e. The quantitative estimate of drug-likeness (QED) is 0.652. The summed E-state index contributed by atoms with van der Waals surface area (Å²) in [6, 6.07) is 12.8. The highest BCUT2D eigenvalue weighted by Gasteiger charge is 2.35.